The number of carbonyl (C=O) groups is 2. The number of amides is 2. The van der Waals surface area contributed by atoms with E-state index >= 15 is 0 Å². The lowest BCUT2D eigenvalue weighted by atomic mass is 9.95. The zero-order valence-electron chi connectivity index (χ0n) is 25.6. The maximum Gasteiger partial charge on any atom is 0.264 e. The molecule has 0 spiro atoms. The van der Waals surface area contributed by atoms with Crippen LogP contribution in [-0.2, 0) is 26.2 Å². The van der Waals surface area contributed by atoms with Crippen LogP contribution in [0.1, 0.15) is 50.2 Å². The van der Waals surface area contributed by atoms with Gasteiger partial charge in [-0.05, 0) is 68.7 Å². The molecule has 1 aliphatic carbocycles. The molecule has 11 heteroatoms. The fourth-order valence-corrected chi connectivity index (χ4v) is 6.70. The second kappa shape index (κ2) is 14.6. The van der Waals surface area contributed by atoms with E-state index in [1.165, 1.54) is 61.6 Å². The van der Waals surface area contributed by atoms with E-state index in [9.17, 15) is 22.4 Å². The number of aryl methyl sites for hydroxylation is 1. The molecule has 1 fully saturated rings. The molecule has 0 aromatic heterocycles. The number of nitrogens with zero attached hydrogens (tertiary/aromatic N) is 2. The van der Waals surface area contributed by atoms with Crippen molar-refractivity contribution in [1.82, 2.24) is 10.2 Å². The molecule has 0 bridgehead atoms. The lowest BCUT2D eigenvalue weighted by molar-refractivity contribution is -0.139. The first-order chi connectivity index (χ1) is 21.0. The molecule has 2 amide bonds. The number of hydrogen-bond acceptors (Lipinski definition) is 6. The van der Waals surface area contributed by atoms with Gasteiger partial charge in [0, 0.05) is 18.7 Å². The highest BCUT2D eigenvalue weighted by molar-refractivity contribution is 7.92. The normalized spacial score (nSPS) is 14.4. The van der Waals surface area contributed by atoms with Gasteiger partial charge in [0.1, 0.15) is 29.9 Å². The number of nitrogens with one attached hydrogen (secondary N) is 1. The zero-order chi connectivity index (χ0) is 31.9. The van der Waals surface area contributed by atoms with Crippen LogP contribution < -0.4 is 19.1 Å². The highest BCUT2D eigenvalue weighted by atomic mass is 32.2. The number of benzene rings is 3. The van der Waals surface area contributed by atoms with Gasteiger partial charge in [0.25, 0.3) is 10.0 Å². The average molecular weight is 626 g/mol. The first-order valence-corrected chi connectivity index (χ1v) is 16.1. The van der Waals surface area contributed by atoms with E-state index < -0.39 is 34.3 Å². The van der Waals surface area contributed by atoms with E-state index in [0.29, 0.717) is 11.3 Å². The van der Waals surface area contributed by atoms with Crippen LogP contribution in [-0.4, -0.2) is 58.0 Å². The number of halogens is 1. The van der Waals surface area contributed by atoms with Crippen molar-refractivity contribution in [2.24, 2.45) is 0 Å². The Balaban J connectivity index is 1.74. The van der Waals surface area contributed by atoms with Crippen molar-refractivity contribution in [3.8, 4) is 11.5 Å². The molecule has 1 saturated carbocycles. The number of rotatable bonds is 12. The minimum atomic E-state index is -4.30. The molecule has 236 valence electrons. The molecule has 4 rings (SSSR count). The summed E-state index contributed by atoms with van der Waals surface area (Å²) in [6.45, 7) is 2.79. The predicted octanol–water partition coefficient (Wildman–Crippen LogP) is 5.21. The van der Waals surface area contributed by atoms with Gasteiger partial charge in [-0.1, -0.05) is 49.1 Å². The molecule has 0 heterocycles. The van der Waals surface area contributed by atoms with Crippen LogP contribution in [0.5, 0.6) is 11.5 Å². The minimum Gasteiger partial charge on any atom is -0.497 e. The van der Waals surface area contributed by atoms with Gasteiger partial charge in [0.15, 0.2) is 0 Å². The summed E-state index contributed by atoms with van der Waals surface area (Å²) in [5.41, 5.74) is 1.56. The molecule has 0 radical (unpaired) electrons. The van der Waals surface area contributed by atoms with Gasteiger partial charge in [-0.15, -0.1) is 0 Å². The van der Waals surface area contributed by atoms with Crippen LogP contribution in [0.15, 0.2) is 71.6 Å². The van der Waals surface area contributed by atoms with Crippen molar-refractivity contribution < 1.29 is 31.9 Å². The maximum absolute atomic E-state index is 14.2. The summed E-state index contributed by atoms with van der Waals surface area (Å²) in [5.74, 6) is -0.821. The van der Waals surface area contributed by atoms with Crippen molar-refractivity contribution in [2.45, 2.75) is 69.5 Å². The Morgan fingerprint density at radius 2 is 1.61 bits per heavy atom. The molecule has 1 N–H and O–H groups in total. The van der Waals surface area contributed by atoms with E-state index in [4.69, 9.17) is 9.47 Å². The number of sulfonamides is 1. The molecule has 0 unspecified atom stereocenters. The first kappa shape index (κ1) is 32.8. The smallest absolute Gasteiger partial charge is 0.264 e. The van der Waals surface area contributed by atoms with Crippen molar-refractivity contribution in [3.05, 3.63) is 83.7 Å². The topological polar surface area (TPSA) is 105 Å². The standard InChI is InChI=1S/C33H40FN3O6S/c1-23-10-17-29(18-11-23)44(40,41)37(30-20-28(42-3)16-19-31(30)43-4)22-32(38)36(21-25-12-14-26(34)15-13-25)24(2)33(39)35-27-8-6-5-7-9-27/h10-20,24,27H,5-9,21-22H2,1-4H3,(H,35,39)/t24-/m1/s1. The van der Waals surface area contributed by atoms with Crippen LogP contribution in [0.25, 0.3) is 0 Å². The molecule has 3 aromatic carbocycles. The summed E-state index contributed by atoms with van der Waals surface area (Å²) in [7, 11) is -1.45. The second-order valence-electron chi connectivity index (χ2n) is 11.0. The van der Waals surface area contributed by atoms with Crippen LogP contribution in [0, 0.1) is 12.7 Å². The van der Waals surface area contributed by atoms with Gasteiger partial charge >= 0.3 is 0 Å². The molecule has 0 aliphatic heterocycles. The summed E-state index contributed by atoms with van der Waals surface area (Å²) in [6, 6.07) is 15.7. The average Bonchev–Trinajstić information content (AvgIpc) is 3.03. The minimum absolute atomic E-state index is 0.0148. The molecule has 0 saturated heterocycles. The van der Waals surface area contributed by atoms with Gasteiger partial charge < -0.3 is 19.7 Å². The molecule has 9 nitrogen and oxygen atoms in total. The molecular formula is C33H40FN3O6S. The summed E-state index contributed by atoms with van der Waals surface area (Å²) in [4.78, 5) is 29.0. The molecular weight excluding hydrogens is 585 g/mol. The van der Waals surface area contributed by atoms with Crippen molar-refractivity contribution in [1.29, 1.82) is 0 Å². The van der Waals surface area contributed by atoms with Gasteiger partial charge in [-0.3, -0.25) is 13.9 Å². The van der Waals surface area contributed by atoms with Crippen LogP contribution in [0.2, 0.25) is 0 Å². The number of anilines is 1. The van der Waals surface area contributed by atoms with Gasteiger partial charge in [-0.25, -0.2) is 12.8 Å². The van der Waals surface area contributed by atoms with Crippen molar-refractivity contribution >= 4 is 27.5 Å². The lowest BCUT2D eigenvalue weighted by Gasteiger charge is -2.33. The Hall–Kier alpha value is -4.12. The SMILES string of the molecule is COc1ccc(OC)c(N(CC(=O)N(Cc2ccc(F)cc2)[C@H](C)C(=O)NC2CCCCC2)S(=O)(=O)c2ccc(C)cc2)c1. The second-order valence-corrected chi connectivity index (χ2v) is 12.9. The number of hydrogen-bond donors (Lipinski definition) is 1. The fourth-order valence-electron chi connectivity index (χ4n) is 5.28. The van der Waals surface area contributed by atoms with Gasteiger partial charge in [-0.2, -0.15) is 0 Å². The third-order valence-electron chi connectivity index (χ3n) is 7.93. The Labute approximate surface area is 259 Å². The van der Waals surface area contributed by atoms with E-state index in [2.05, 4.69) is 5.32 Å². The fraction of sp³-hybridized carbons (Fsp3) is 0.394. The summed E-state index contributed by atoms with van der Waals surface area (Å²) >= 11 is 0. The number of methoxy groups -OCH3 is 2. The van der Waals surface area contributed by atoms with E-state index in [-0.39, 0.29) is 34.8 Å². The maximum atomic E-state index is 14.2. The Kier molecular flexibility index (Phi) is 10.9. The summed E-state index contributed by atoms with van der Waals surface area (Å²) < 4.78 is 53.9. The Morgan fingerprint density at radius 1 is 0.955 bits per heavy atom. The third kappa shape index (κ3) is 7.88. The number of carbonyl (C=O) groups excluding carboxylic acids is 2. The van der Waals surface area contributed by atoms with Crippen LogP contribution in [0.4, 0.5) is 10.1 Å². The zero-order valence-corrected chi connectivity index (χ0v) is 26.4. The number of ether oxygens (including phenoxy) is 2. The largest absolute Gasteiger partial charge is 0.497 e. The van der Waals surface area contributed by atoms with Gasteiger partial charge in [0.2, 0.25) is 11.8 Å². The monoisotopic (exact) mass is 625 g/mol. The molecule has 44 heavy (non-hydrogen) atoms. The van der Waals surface area contributed by atoms with E-state index in [1.54, 1.807) is 31.2 Å². The molecule has 1 atom stereocenters. The quantitative estimate of drug-likeness (QED) is 0.296. The Bertz CT molecular complexity index is 1540. The van der Waals surface area contributed by atoms with E-state index in [1.807, 2.05) is 6.92 Å². The van der Waals surface area contributed by atoms with Gasteiger partial charge in [0.05, 0.1) is 24.8 Å². The highest BCUT2D eigenvalue weighted by Crippen LogP contribution is 2.36. The first-order valence-electron chi connectivity index (χ1n) is 14.7. The Morgan fingerprint density at radius 3 is 2.23 bits per heavy atom. The van der Waals surface area contributed by atoms with Crippen molar-refractivity contribution in [2.75, 3.05) is 25.1 Å². The highest BCUT2D eigenvalue weighted by Gasteiger charge is 2.34. The molecule has 1 aliphatic rings. The van der Waals surface area contributed by atoms with Crippen LogP contribution >= 0.6 is 0 Å². The van der Waals surface area contributed by atoms with Crippen molar-refractivity contribution in [3.63, 3.8) is 0 Å². The summed E-state index contributed by atoms with van der Waals surface area (Å²) in [5, 5.41) is 3.07. The van der Waals surface area contributed by atoms with Crippen LogP contribution in [0.3, 0.4) is 0 Å². The lowest BCUT2D eigenvalue weighted by Crippen LogP contribution is -2.53. The third-order valence-corrected chi connectivity index (χ3v) is 9.70. The molecule has 3 aromatic rings. The predicted molar refractivity (Wildman–Crippen MR) is 167 cm³/mol. The van der Waals surface area contributed by atoms with E-state index in [0.717, 1.165) is 42.0 Å². The summed E-state index contributed by atoms with van der Waals surface area (Å²) in [6.07, 6.45) is 4.89.